The molecule has 0 radical (unpaired) electrons. The van der Waals surface area contributed by atoms with Crippen LogP contribution in [0.4, 0.5) is 0 Å². The molecule has 0 saturated heterocycles. The van der Waals surface area contributed by atoms with Gasteiger partial charge in [-0.05, 0) is 56.2 Å². The van der Waals surface area contributed by atoms with E-state index in [0.29, 0.717) is 12.3 Å². The SMILES string of the molecule is CCNC(=NCc1cc(C)c(O)c(C)c1)N(C)CCOCC1CC1. The number of guanidine groups is 1. The summed E-state index contributed by atoms with van der Waals surface area (Å²) in [6, 6.07) is 3.99. The van der Waals surface area contributed by atoms with Crippen molar-refractivity contribution >= 4 is 5.96 Å². The van der Waals surface area contributed by atoms with Crippen LogP contribution in [0.3, 0.4) is 0 Å². The number of hydrogen-bond acceptors (Lipinski definition) is 3. The second kappa shape index (κ2) is 8.92. The van der Waals surface area contributed by atoms with Crippen molar-refractivity contribution in [2.45, 2.75) is 40.2 Å². The predicted molar refractivity (Wildman–Crippen MR) is 98.6 cm³/mol. The number of rotatable bonds is 8. The molecule has 1 saturated carbocycles. The normalized spacial score (nSPS) is 14.8. The fourth-order valence-corrected chi connectivity index (χ4v) is 2.61. The van der Waals surface area contributed by atoms with Crippen molar-refractivity contribution in [2.24, 2.45) is 10.9 Å². The Hall–Kier alpha value is -1.75. The first-order valence-corrected chi connectivity index (χ1v) is 8.87. The minimum Gasteiger partial charge on any atom is -0.507 e. The molecule has 2 N–H and O–H groups in total. The number of nitrogens with one attached hydrogen (secondary N) is 1. The highest BCUT2D eigenvalue weighted by Gasteiger charge is 2.21. The zero-order valence-electron chi connectivity index (χ0n) is 15.4. The van der Waals surface area contributed by atoms with Gasteiger partial charge in [0.25, 0.3) is 0 Å². The standard InChI is InChI=1S/C19H31N3O2/c1-5-20-19(22(4)8-9-24-13-16-6-7-16)21-12-17-10-14(2)18(23)15(3)11-17/h10-11,16,23H,5-9,12-13H2,1-4H3,(H,20,21). The van der Waals surface area contributed by atoms with Gasteiger partial charge in [-0.1, -0.05) is 12.1 Å². The smallest absolute Gasteiger partial charge is 0.194 e. The van der Waals surface area contributed by atoms with Gasteiger partial charge in [-0.25, -0.2) is 4.99 Å². The molecule has 0 aliphatic heterocycles. The summed E-state index contributed by atoms with van der Waals surface area (Å²) >= 11 is 0. The maximum absolute atomic E-state index is 9.87. The van der Waals surface area contributed by atoms with Gasteiger partial charge in [-0.3, -0.25) is 0 Å². The van der Waals surface area contributed by atoms with Gasteiger partial charge in [0, 0.05) is 26.7 Å². The second-order valence-electron chi connectivity index (χ2n) is 6.69. The first-order chi connectivity index (χ1) is 11.5. The Morgan fingerprint density at radius 1 is 1.33 bits per heavy atom. The Morgan fingerprint density at radius 3 is 2.58 bits per heavy atom. The molecule has 2 rings (SSSR count). The molecule has 24 heavy (non-hydrogen) atoms. The third kappa shape index (κ3) is 5.71. The van der Waals surface area contributed by atoms with Crippen molar-refractivity contribution in [3.8, 4) is 5.75 Å². The number of phenols is 1. The van der Waals surface area contributed by atoms with Crippen LogP contribution in [-0.2, 0) is 11.3 Å². The zero-order valence-corrected chi connectivity index (χ0v) is 15.4. The van der Waals surface area contributed by atoms with Gasteiger partial charge >= 0.3 is 0 Å². The molecule has 0 heterocycles. The number of aliphatic imine (C=N–C) groups is 1. The minimum absolute atomic E-state index is 0.375. The van der Waals surface area contributed by atoms with Crippen LogP contribution in [0, 0.1) is 19.8 Å². The van der Waals surface area contributed by atoms with Crippen LogP contribution in [0.5, 0.6) is 5.75 Å². The monoisotopic (exact) mass is 333 g/mol. The average molecular weight is 333 g/mol. The van der Waals surface area contributed by atoms with Crippen molar-refractivity contribution in [3.05, 3.63) is 28.8 Å². The number of aromatic hydroxyl groups is 1. The third-order valence-electron chi connectivity index (χ3n) is 4.28. The van der Waals surface area contributed by atoms with E-state index in [-0.39, 0.29) is 0 Å². The lowest BCUT2D eigenvalue weighted by atomic mass is 10.1. The largest absolute Gasteiger partial charge is 0.507 e. The molecule has 1 aromatic rings. The Kier molecular flexibility index (Phi) is 6.91. The number of hydrogen-bond donors (Lipinski definition) is 2. The van der Waals surface area contributed by atoms with Gasteiger partial charge in [0.2, 0.25) is 0 Å². The van der Waals surface area contributed by atoms with Gasteiger partial charge in [-0.15, -0.1) is 0 Å². The first-order valence-electron chi connectivity index (χ1n) is 8.87. The highest BCUT2D eigenvalue weighted by Crippen LogP contribution is 2.28. The van der Waals surface area contributed by atoms with Crippen molar-refractivity contribution in [1.82, 2.24) is 10.2 Å². The maximum Gasteiger partial charge on any atom is 0.194 e. The van der Waals surface area contributed by atoms with E-state index in [1.54, 1.807) is 0 Å². The number of ether oxygens (including phenoxy) is 1. The highest BCUT2D eigenvalue weighted by molar-refractivity contribution is 5.79. The van der Waals surface area contributed by atoms with Crippen LogP contribution in [-0.4, -0.2) is 49.3 Å². The summed E-state index contributed by atoms with van der Waals surface area (Å²) in [6.45, 7) is 9.79. The third-order valence-corrected chi connectivity index (χ3v) is 4.28. The van der Waals surface area contributed by atoms with Crippen LogP contribution in [0.15, 0.2) is 17.1 Å². The van der Waals surface area contributed by atoms with Gasteiger partial charge in [-0.2, -0.15) is 0 Å². The Labute approximate surface area is 145 Å². The molecule has 0 bridgehead atoms. The van der Waals surface area contributed by atoms with Crippen LogP contribution >= 0.6 is 0 Å². The van der Waals surface area contributed by atoms with E-state index in [4.69, 9.17) is 9.73 Å². The lowest BCUT2D eigenvalue weighted by Gasteiger charge is -2.22. The summed E-state index contributed by atoms with van der Waals surface area (Å²) in [7, 11) is 2.04. The number of nitrogens with zero attached hydrogens (tertiary/aromatic N) is 2. The van der Waals surface area contributed by atoms with Gasteiger partial charge in [0.05, 0.1) is 13.2 Å². The fraction of sp³-hybridized carbons (Fsp3) is 0.632. The second-order valence-corrected chi connectivity index (χ2v) is 6.69. The van der Waals surface area contributed by atoms with Crippen molar-refractivity contribution in [1.29, 1.82) is 0 Å². The Morgan fingerprint density at radius 2 is 2.00 bits per heavy atom. The molecule has 5 nitrogen and oxygen atoms in total. The molecular formula is C19H31N3O2. The van der Waals surface area contributed by atoms with E-state index < -0.39 is 0 Å². The molecule has 1 aliphatic rings. The molecule has 134 valence electrons. The number of phenolic OH excluding ortho intramolecular Hbond substituents is 1. The fourth-order valence-electron chi connectivity index (χ4n) is 2.61. The molecule has 0 spiro atoms. The van der Waals surface area contributed by atoms with Gasteiger partial charge in [0.15, 0.2) is 5.96 Å². The van der Waals surface area contributed by atoms with E-state index in [1.807, 2.05) is 33.0 Å². The molecule has 5 heteroatoms. The average Bonchev–Trinajstić information content (AvgIpc) is 3.37. The number of benzene rings is 1. The van der Waals surface area contributed by atoms with E-state index >= 15 is 0 Å². The molecule has 1 aliphatic carbocycles. The molecule has 0 aromatic heterocycles. The zero-order chi connectivity index (χ0) is 17.5. The molecule has 0 amide bonds. The van der Waals surface area contributed by atoms with Crippen molar-refractivity contribution in [2.75, 3.05) is 33.4 Å². The summed E-state index contributed by atoms with van der Waals surface area (Å²) < 4.78 is 5.71. The Bertz CT molecular complexity index is 545. The number of aryl methyl sites for hydroxylation is 2. The van der Waals surface area contributed by atoms with Crippen molar-refractivity contribution in [3.63, 3.8) is 0 Å². The summed E-state index contributed by atoms with van der Waals surface area (Å²) in [5.41, 5.74) is 2.90. The minimum atomic E-state index is 0.375. The van der Waals surface area contributed by atoms with Crippen LogP contribution in [0.1, 0.15) is 36.5 Å². The van der Waals surface area contributed by atoms with E-state index in [0.717, 1.165) is 54.9 Å². The predicted octanol–water partition coefficient (Wildman–Crippen LogP) is 2.83. The van der Waals surface area contributed by atoms with Crippen LogP contribution in [0.2, 0.25) is 0 Å². The van der Waals surface area contributed by atoms with Crippen molar-refractivity contribution < 1.29 is 9.84 Å². The van der Waals surface area contributed by atoms with Crippen LogP contribution in [0.25, 0.3) is 0 Å². The molecular weight excluding hydrogens is 302 g/mol. The molecule has 0 unspecified atom stereocenters. The van der Waals surface area contributed by atoms with Gasteiger partial charge in [0.1, 0.15) is 5.75 Å². The quantitative estimate of drug-likeness (QED) is 0.436. The molecule has 0 atom stereocenters. The summed E-state index contributed by atoms with van der Waals surface area (Å²) in [5, 5.41) is 13.2. The van der Waals surface area contributed by atoms with Gasteiger partial charge < -0.3 is 20.1 Å². The highest BCUT2D eigenvalue weighted by atomic mass is 16.5. The van der Waals surface area contributed by atoms with E-state index in [2.05, 4.69) is 17.1 Å². The van der Waals surface area contributed by atoms with E-state index in [9.17, 15) is 5.11 Å². The maximum atomic E-state index is 9.87. The topological polar surface area (TPSA) is 57.1 Å². The lowest BCUT2D eigenvalue weighted by molar-refractivity contribution is 0.115. The summed E-state index contributed by atoms with van der Waals surface area (Å²) in [5.74, 6) is 2.06. The van der Waals surface area contributed by atoms with E-state index in [1.165, 1.54) is 12.8 Å². The first kappa shape index (κ1) is 18.6. The number of likely N-dealkylation sites (N-methyl/N-ethyl adjacent to an activating group) is 1. The Balaban J connectivity index is 1.90. The molecule has 1 fully saturated rings. The lowest BCUT2D eigenvalue weighted by Crippen LogP contribution is -2.40. The summed E-state index contributed by atoms with van der Waals surface area (Å²) in [4.78, 5) is 6.82. The summed E-state index contributed by atoms with van der Waals surface area (Å²) in [6.07, 6.45) is 2.65. The van der Waals surface area contributed by atoms with Crippen LogP contribution < -0.4 is 5.32 Å². The molecule has 1 aromatic carbocycles.